The summed E-state index contributed by atoms with van der Waals surface area (Å²) in [6.45, 7) is 6.70. The lowest BCUT2D eigenvalue weighted by Crippen LogP contribution is -2.41. The first kappa shape index (κ1) is 22.1. The summed E-state index contributed by atoms with van der Waals surface area (Å²) in [5.74, 6) is 0.420. The van der Waals surface area contributed by atoms with Gasteiger partial charge in [-0.3, -0.25) is 4.79 Å². The van der Waals surface area contributed by atoms with Crippen LogP contribution >= 0.6 is 0 Å². The van der Waals surface area contributed by atoms with E-state index >= 15 is 0 Å². The number of carbonyl (C=O) groups is 1. The van der Waals surface area contributed by atoms with Crippen molar-refractivity contribution in [2.75, 3.05) is 25.0 Å². The molecule has 0 bridgehead atoms. The number of rotatable bonds is 8. The maximum Gasteiger partial charge on any atom is 0.227 e. The van der Waals surface area contributed by atoms with Crippen molar-refractivity contribution in [2.45, 2.75) is 25.5 Å². The first-order valence-corrected chi connectivity index (χ1v) is 11.7. The van der Waals surface area contributed by atoms with E-state index in [4.69, 9.17) is 4.74 Å². The Hall–Kier alpha value is -2.64. The van der Waals surface area contributed by atoms with E-state index in [0.29, 0.717) is 44.0 Å². The van der Waals surface area contributed by atoms with Crippen LogP contribution in [0.5, 0.6) is 5.75 Å². The first-order valence-electron chi connectivity index (χ1n) is 10.1. The average Bonchev–Trinajstić information content (AvgIpc) is 2.73. The number of nitrogens with one attached hydrogen (secondary N) is 1. The molecule has 0 saturated carbocycles. The molecule has 1 aliphatic rings. The lowest BCUT2D eigenvalue weighted by molar-refractivity contribution is -0.120. The minimum atomic E-state index is -3.39. The summed E-state index contributed by atoms with van der Waals surface area (Å²) in [4.78, 5) is 12.6. The summed E-state index contributed by atoms with van der Waals surface area (Å²) < 4.78 is 32.4. The summed E-state index contributed by atoms with van der Waals surface area (Å²) in [5, 5.41) is 2.91. The number of hydrogen-bond donors (Lipinski definition) is 1. The summed E-state index contributed by atoms with van der Waals surface area (Å²) >= 11 is 0. The fourth-order valence-corrected chi connectivity index (χ4v) is 5.08. The molecule has 1 aliphatic heterocycles. The number of benzene rings is 2. The quantitative estimate of drug-likeness (QED) is 0.650. The van der Waals surface area contributed by atoms with Crippen molar-refractivity contribution in [3.8, 4) is 5.75 Å². The third-order valence-corrected chi connectivity index (χ3v) is 6.99. The van der Waals surface area contributed by atoms with E-state index in [2.05, 4.69) is 11.9 Å². The second-order valence-corrected chi connectivity index (χ2v) is 9.50. The van der Waals surface area contributed by atoms with Crippen molar-refractivity contribution < 1.29 is 17.9 Å². The molecular weight excluding hydrogens is 400 g/mol. The number of aryl methyl sites for hydroxylation is 1. The zero-order valence-electron chi connectivity index (χ0n) is 17.2. The molecular formula is C23H28N2O4S. The zero-order valence-corrected chi connectivity index (χ0v) is 18.0. The van der Waals surface area contributed by atoms with E-state index in [-0.39, 0.29) is 17.6 Å². The molecule has 0 aromatic heterocycles. The normalized spacial score (nSPS) is 15.5. The summed E-state index contributed by atoms with van der Waals surface area (Å²) in [7, 11) is -3.39. The molecule has 1 N–H and O–H groups in total. The number of amides is 1. The Morgan fingerprint density at radius 3 is 2.53 bits per heavy atom. The van der Waals surface area contributed by atoms with Crippen LogP contribution in [0.25, 0.3) is 0 Å². The van der Waals surface area contributed by atoms with Gasteiger partial charge >= 0.3 is 0 Å². The maximum atomic E-state index is 12.7. The van der Waals surface area contributed by atoms with Gasteiger partial charge in [0.25, 0.3) is 0 Å². The fraction of sp³-hybridized carbons (Fsp3) is 0.348. The van der Waals surface area contributed by atoms with Crippen LogP contribution in [0, 0.1) is 12.8 Å². The Balaban J connectivity index is 1.51. The van der Waals surface area contributed by atoms with Gasteiger partial charge in [0.15, 0.2) is 0 Å². The molecule has 0 unspecified atom stereocenters. The summed E-state index contributed by atoms with van der Waals surface area (Å²) in [6, 6.07) is 14.7. The van der Waals surface area contributed by atoms with Gasteiger partial charge < -0.3 is 10.1 Å². The molecule has 2 aromatic carbocycles. The van der Waals surface area contributed by atoms with E-state index in [9.17, 15) is 13.2 Å². The van der Waals surface area contributed by atoms with Crippen molar-refractivity contribution in [3.05, 3.63) is 72.3 Å². The topological polar surface area (TPSA) is 75.7 Å². The molecule has 0 spiro atoms. The van der Waals surface area contributed by atoms with Crippen LogP contribution in [-0.2, 0) is 20.6 Å². The summed E-state index contributed by atoms with van der Waals surface area (Å²) in [5.41, 5.74) is 2.52. The Bertz CT molecular complexity index is 979. The third-order valence-electron chi connectivity index (χ3n) is 5.14. The van der Waals surface area contributed by atoms with Crippen LogP contribution in [0.2, 0.25) is 0 Å². The second kappa shape index (κ2) is 9.91. The van der Waals surface area contributed by atoms with Gasteiger partial charge in [-0.25, -0.2) is 12.7 Å². The molecule has 1 saturated heterocycles. The lowest BCUT2D eigenvalue weighted by atomic mass is 9.97. The molecule has 1 fully saturated rings. The number of sulfonamides is 1. The van der Waals surface area contributed by atoms with Gasteiger partial charge in [-0.1, -0.05) is 42.5 Å². The molecule has 2 aromatic rings. The average molecular weight is 429 g/mol. The Morgan fingerprint density at radius 2 is 1.90 bits per heavy atom. The van der Waals surface area contributed by atoms with Crippen LogP contribution < -0.4 is 10.1 Å². The molecule has 7 heteroatoms. The number of piperidine rings is 1. The first-order chi connectivity index (χ1) is 14.4. The standard InChI is InChI=1S/C23H28N2O4S/c1-3-15-29-22-9-7-21(8-10-22)24-23(26)20-11-13-25(14-12-20)30(27,28)17-19-6-4-5-18(2)16-19/h3-10,16,20H,1,11-15,17H2,2H3,(H,24,26). The second-order valence-electron chi connectivity index (χ2n) is 7.53. The van der Waals surface area contributed by atoms with E-state index in [1.807, 2.05) is 31.2 Å². The van der Waals surface area contributed by atoms with Crippen molar-refractivity contribution in [3.63, 3.8) is 0 Å². The highest BCUT2D eigenvalue weighted by Crippen LogP contribution is 2.24. The Morgan fingerprint density at radius 1 is 1.20 bits per heavy atom. The molecule has 3 rings (SSSR count). The van der Waals surface area contributed by atoms with Crippen LogP contribution in [0.15, 0.2) is 61.2 Å². The van der Waals surface area contributed by atoms with E-state index < -0.39 is 10.0 Å². The van der Waals surface area contributed by atoms with Crippen molar-refractivity contribution in [1.82, 2.24) is 4.31 Å². The minimum absolute atomic E-state index is 0.00812. The fourth-order valence-electron chi connectivity index (χ4n) is 3.53. The van der Waals surface area contributed by atoms with Gasteiger partial charge in [0.1, 0.15) is 12.4 Å². The van der Waals surface area contributed by atoms with Crippen molar-refractivity contribution in [1.29, 1.82) is 0 Å². The molecule has 0 aliphatic carbocycles. The molecule has 0 atom stereocenters. The van der Waals surface area contributed by atoms with Crippen LogP contribution in [-0.4, -0.2) is 38.3 Å². The largest absolute Gasteiger partial charge is 0.490 e. The molecule has 6 nitrogen and oxygen atoms in total. The lowest BCUT2D eigenvalue weighted by Gasteiger charge is -2.30. The van der Waals surface area contributed by atoms with Crippen LogP contribution in [0.1, 0.15) is 24.0 Å². The van der Waals surface area contributed by atoms with Gasteiger partial charge in [0.2, 0.25) is 15.9 Å². The van der Waals surface area contributed by atoms with E-state index in [1.165, 1.54) is 4.31 Å². The monoisotopic (exact) mass is 428 g/mol. The van der Waals surface area contributed by atoms with Gasteiger partial charge in [-0.15, -0.1) is 0 Å². The number of ether oxygens (including phenoxy) is 1. The van der Waals surface area contributed by atoms with E-state index in [1.54, 1.807) is 30.3 Å². The SMILES string of the molecule is C=CCOc1ccc(NC(=O)C2CCN(S(=O)(=O)Cc3cccc(C)c3)CC2)cc1. The number of anilines is 1. The highest BCUT2D eigenvalue weighted by Gasteiger charge is 2.31. The molecule has 30 heavy (non-hydrogen) atoms. The summed E-state index contributed by atoms with van der Waals surface area (Å²) in [6.07, 6.45) is 2.70. The number of carbonyl (C=O) groups excluding carboxylic acids is 1. The predicted molar refractivity (Wildman–Crippen MR) is 119 cm³/mol. The van der Waals surface area contributed by atoms with Gasteiger partial charge in [0.05, 0.1) is 5.75 Å². The smallest absolute Gasteiger partial charge is 0.227 e. The number of hydrogen-bond acceptors (Lipinski definition) is 4. The Labute approximate surface area is 178 Å². The molecule has 0 radical (unpaired) electrons. The molecule has 1 heterocycles. The highest BCUT2D eigenvalue weighted by molar-refractivity contribution is 7.88. The van der Waals surface area contributed by atoms with Crippen molar-refractivity contribution in [2.24, 2.45) is 5.92 Å². The van der Waals surface area contributed by atoms with Crippen LogP contribution in [0.3, 0.4) is 0 Å². The minimum Gasteiger partial charge on any atom is -0.490 e. The van der Waals surface area contributed by atoms with Gasteiger partial charge in [-0.2, -0.15) is 0 Å². The zero-order chi connectivity index (χ0) is 21.6. The van der Waals surface area contributed by atoms with E-state index in [0.717, 1.165) is 11.1 Å². The predicted octanol–water partition coefficient (Wildman–Crippen LogP) is 3.74. The molecule has 1 amide bonds. The van der Waals surface area contributed by atoms with Gasteiger partial charge in [0, 0.05) is 24.7 Å². The van der Waals surface area contributed by atoms with Crippen LogP contribution in [0.4, 0.5) is 5.69 Å². The number of nitrogens with zero attached hydrogens (tertiary/aromatic N) is 1. The van der Waals surface area contributed by atoms with Gasteiger partial charge in [-0.05, 0) is 49.6 Å². The highest BCUT2D eigenvalue weighted by atomic mass is 32.2. The Kier molecular flexibility index (Phi) is 7.29. The van der Waals surface area contributed by atoms with Crippen molar-refractivity contribution >= 4 is 21.6 Å². The maximum absolute atomic E-state index is 12.7. The molecule has 160 valence electrons. The third kappa shape index (κ3) is 5.93.